The molecule has 1 amide bonds. The van der Waals surface area contributed by atoms with Gasteiger partial charge in [-0.15, -0.1) is 5.10 Å². The summed E-state index contributed by atoms with van der Waals surface area (Å²) in [4.78, 5) is 12.5. The number of carbonyl (C=O) groups is 1. The van der Waals surface area contributed by atoms with Crippen LogP contribution in [0, 0.1) is 11.8 Å². The third-order valence-corrected chi connectivity index (χ3v) is 5.21. The summed E-state index contributed by atoms with van der Waals surface area (Å²) < 4.78 is 1.63. The minimum atomic E-state index is 0.153. The molecule has 6 heteroatoms. The SMILES string of the molecule is CCCCC1CCC(C(=O)Nc2ccc(-c3nnnn3C)cc2)CC1. The molecule has 3 rings (SSSR count). The largest absolute Gasteiger partial charge is 0.326 e. The topological polar surface area (TPSA) is 72.7 Å². The number of nitrogens with zero attached hydrogens (tertiary/aromatic N) is 4. The lowest BCUT2D eigenvalue weighted by Crippen LogP contribution is -2.27. The van der Waals surface area contributed by atoms with Gasteiger partial charge in [-0.2, -0.15) is 0 Å². The molecule has 1 heterocycles. The standard InChI is InChI=1S/C19H27N5O/c1-3-4-5-14-6-8-16(9-7-14)19(25)20-17-12-10-15(11-13-17)18-21-22-23-24(18)2/h10-14,16H,3-9H2,1-2H3,(H,20,25). The van der Waals surface area contributed by atoms with Crippen LogP contribution >= 0.6 is 0 Å². The number of rotatable bonds is 6. The summed E-state index contributed by atoms with van der Waals surface area (Å²) in [5, 5.41) is 14.5. The van der Waals surface area contributed by atoms with Crippen LogP contribution in [0.15, 0.2) is 24.3 Å². The maximum atomic E-state index is 12.5. The molecule has 0 atom stereocenters. The Kier molecular flexibility index (Phi) is 5.79. The van der Waals surface area contributed by atoms with Crippen LogP contribution in [0.5, 0.6) is 0 Å². The molecule has 1 aliphatic carbocycles. The van der Waals surface area contributed by atoms with Crippen LogP contribution < -0.4 is 5.32 Å². The van der Waals surface area contributed by atoms with Gasteiger partial charge in [0.25, 0.3) is 0 Å². The zero-order valence-corrected chi connectivity index (χ0v) is 15.1. The predicted molar refractivity (Wildman–Crippen MR) is 97.8 cm³/mol. The Morgan fingerprint density at radius 3 is 2.52 bits per heavy atom. The minimum absolute atomic E-state index is 0.153. The number of nitrogens with one attached hydrogen (secondary N) is 1. The van der Waals surface area contributed by atoms with Crippen molar-refractivity contribution in [2.24, 2.45) is 18.9 Å². The highest BCUT2D eigenvalue weighted by molar-refractivity contribution is 5.92. The lowest BCUT2D eigenvalue weighted by Gasteiger charge is -2.27. The summed E-state index contributed by atoms with van der Waals surface area (Å²) in [5.41, 5.74) is 1.76. The molecular weight excluding hydrogens is 314 g/mol. The average Bonchev–Trinajstić information content (AvgIpc) is 3.07. The van der Waals surface area contributed by atoms with Crippen LogP contribution in [0.1, 0.15) is 51.9 Å². The monoisotopic (exact) mass is 341 g/mol. The van der Waals surface area contributed by atoms with Gasteiger partial charge in [-0.3, -0.25) is 4.79 Å². The molecule has 1 fully saturated rings. The van der Waals surface area contributed by atoms with E-state index in [1.807, 2.05) is 31.3 Å². The zero-order valence-electron chi connectivity index (χ0n) is 15.1. The smallest absolute Gasteiger partial charge is 0.227 e. The van der Waals surface area contributed by atoms with Gasteiger partial charge >= 0.3 is 0 Å². The maximum absolute atomic E-state index is 12.5. The Balaban J connectivity index is 1.52. The Bertz CT molecular complexity index is 686. The Morgan fingerprint density at radius 2 is 1.92 bits per heavy atom. The van der Waals surface area contributed by atoms with Crippen molar-refractivity contribution in [3.63, 3.8) is 0 Å². The van der Waals surface area contributed by atoms with Gasteiger partial charge < -0.3 is 5.32 Å². The van der Waals surface area contributed by atoms with Crippen LogP contribution in [-0.2, 0) is 11.8 Å². The summed E-state index contributed by atoms with van der Waals surface area (Å²) in [7, 11) is 1.81. The second-order valence-electron chi connectivity index (χ2n) is 7.05. The Labute approximate surface area is 149 Å². The molecule has 134 valence electrons. The number of hydrogen-bond donors (Lipinski definition) is 1. The molecule has 25 heavy (non-hydrogen) atoms. The molecule has 0 spiro atoms. The van der Waals surface area contributed by atoms with Gasteiger partial charge in [0.15, 0.2) is 5.82 Å². The number of hydrogen-bond acceptors (Lipinski definition) is 4. The maximum Gasteiger partial charge on any atom is 0.227 e. The van der Waals surface area contributed by atoms with E-state index in [-0.39, 0.29) is 11.8 Å². The molecule has 0 radical (unpaired) electrons. The first-order valence-electron chi connectivity index (χ1n) is 9.31. The van der Waals surface area contributed by atoms with E-state index in [0.717, 1.165) is 30.0 Å². The van der Waals surface area contributed by atoms with Crippen molar-refractivity contribution in [1.29, 1.82) is 0 Å². The number of unbranched alkanes of at least 4 members (excludes halogenated alkanes) is 1. The van der Waals surface area contributed by atoms with Crippen molar-refractivity contribution < 1.29 is 4.79 Å². The second-order valence-corrected chi connectivity index (χ2v) is 7.05. The molecule has 1 N–H and O–H groups in total. The van der Waals surface area contributed by atoms with Gasteiger partial charge in [-0.25, -0.2) is 4.68 Å². The van der Waals surface area contributed by atoms with E-state index in [4.69, 9.17) is 0 Å². The van der Waals surface area contributed by atoms with Gasteiger partial charge in [0.05, 0.1) is 0 Å². The van der Waals surface area contributed by atoms with E-state index in [9.17, 15) is 4.79 Å². The first-order chi connectivity index (χ1) is 12.2. The van der Waals surface area contributed by atoms with E-state index in [0.29, 0.717) is 5.82 Å². The van der Waals surface area contributed by atoms with Crippen molar-refractivity contribution in [2.75, 3.05) is 5.32 Å². The van der Waals surface area contributed by atoms with E-state index in [2.05, 4.69) is 27.8 Å². The van der Waals surface area contributed by atoms with Crippen molar-refractivity contribution in [3.8, 4) is 11.4 Å². The van der Waals surface area contributed by atoms with Crippen LogP contribution in [0.25, 0.3) is 11.4 Å². The summed E-state index contributed by atoms with van der Waals surface area (Å²) in [5.74, 6) is 1.84. The van der Waals surface area contributed by atoms with Crippen molar-refractivity contribution in [1.82, 2.24) is 20.2 Å². The first kappa shape index (κ1) is 17.6. The third kappa shape index (κ3) is 4.44. The molecule has 0 aliphatic heterocycles. The Hall–Kier alpha value is -2.24. The van der Waals surface area contributed by atoms with Crippen LogP contribution in [-0.4, -0.2) is 26.1 Å². The number of anilines is 1. The number of amides is 1. The molecule has 0 saturated heterocycles. The predicted octanol–water partition coefficient (Wildman–Crippen LogP) is 3.81. The zero-order chi connectivity index (χ0) is 17.6. The number of carbonyl (C=O) groups excluding carboxylic acids is 1. The van der Waals surface area contributed by atoms with E-state index >= 15 is 0 Å². The lowest BCUT2D eigenvalue weighted by atomic mass is 9.79. The third-order valence-electron chi connectivity index (χ3n) is 5.21. The molecule has 2 aromatic rings. The fourth-order valence-corrected chi connectivity index (χ4v) is 3.63. The summed E-state index contributed by atoms with van der Waals surface area (Å²) in [6.07, 6.45) is 8.32. The van der Waals surface area contributed by atoms with Crippen molar-refractivity contribution in [3.05, 3.63) is 24.3 Å². The summed E-state index contributed by atoms with van der Waals surface area (Å²) >= 11 is 0. The fraction of sp³-hybridized carbons (Fsp3) is 0.579. The molecule has 0 bridgehead atoms. The second kappa shape index (κ2) is 8.23. The Morgan fingerprint density at radius 1 is 1.20 bits per heavy atom. The first-order valence-corrected chi connectivity index (χ1v) is 9.31. The molecule has 1 aromatic carbocycles. The highest BCUT2D eigenvalue weighted by atomic mass is 16.1. The van der Waals surface area contributed by atoms with Gasteiger partial charge in [-0.1, -0.05) is 26.2 Å². The van der Waals surface area contributed by atoms with E-state index in [1.54, 1.807) is 4.68 Å². The number of aryl methyl sites for hydroxylation is 1. The van der Waals surface area contributed by atoms with Crippen LogP contribution in [0.3, 0.4) is 0 Å². The van der Waals surface area contributed by atoms with Crippen LogP contribution in [0.4, 0.5) is 5.69 Å². The van der Waals surface area contributed by atoms with Crippen molar-refractivity contribution in [2.45, 2.75) is 51.9 Å². The highest BCUT2D eigenvalue weighted by Crippen LogP contribution is 2.32. The highest BCUT2D eigenvalue weighted by Gasteiger charge is 2.26. The minimum Gasteiger partial charge on any atom is -0.326 e. The van der Waals surface area contributed by atoms with Crippen LogP contribution in [0.2, 0.25) is 0 Å². The molecule has 6 nitrogen and oxygen atoms in total. The number of tetrazole rings is 1. The molecular formula is C19H27N5O. The normalized spacial score (nSPS) is 20.4. The molecule has 1 aromatic heterocycles. The van der Waals surface area contributed by atoms with Gasteiger partial charge in [0.1, 0.15) is 0 Å². The molecule has 1 aliphatic rings. The lowest BCUT2D eigenvalue weighted by molar-refractivity contribution is -0.121. The number of aromatic nitrogens is 4. The van der Waals surface area contributed by atoms with E-state index in [1.165, 1.54) is 32.1 Å². The van der Waals surface area contributed by atoms with Gasteiger partial charge in [-0.05, 0) is 66.3 Å². The van der Waals surface area contributed by atoms with Gasteiger partial charge in [0.2, 0.25) is 5.91 Å². The summed E-state index contributed by atoms with van der Waals surface area (Å²) in [6, 6.07) is 7.69. The van der Waals surface area contributed by atoms with Gasteiger partial charge in [0, 0.05) is 24.2 Å². The average molecular weight is 341 g/mol. The molecule has 0 unspecified atom stereocenters. The number of benzene rings is 1. The summed E-state index contributed by atoms with van der Waals surface area (Å²) in [6.45, 7) is 2.24. The fourth-order valence-electron chi connectivity index (χ4n) is 3.63. The van der Waals surface area contributed by atoms with Crippen molar-refractivity contribution >= 4 is 11.6 Å². The quantitative estimate of drug-likeness (QED) is 0.867. The van der Waals surface area contributed by atoms with E-state index < -0.39 is 0 Å². The molecule has 1 saturated carbocycles.